The Balaban J connectivity index is 2.12. The average molecular weight is 332 g/mol. The first-order valence-corrected chi connectivity index (χ1v) is 6.79. The number of hydrazone groups is 1. The Morgan fingerprint density at radius 3 is 2.50 bits per heavy atom. The maximum atomic E-state index is 12.2. The van der Waals surface area contributed by atoms with E-state index in [1.807, 2.05) is 24.3 Å². The second kappa shape index (κ2) is 6.34. The summed E-state index contributed by atoms with van der Waals surface area (Å²) >= 11 is 3.36. The number of hydrogen-bond donors (Lipinski definition) is 1. The number of rotatable bonds is 3. The Morgan fingerprint density at radius 1 is 1.20 bits per heavy atom. The molecule has 0 aliphatic heterocycles. The Kier molecular flexibility index (Phi) is 4.53. The Hall–Kier alpha value is -2.14. The molecule has 0 unspecified atom stereocenters. The van der Waals surface area contributed by atoms with Gasteiger partial charge in [-0.05, 0) is 29.8 Å². The van der Waals surface area contributed by atoms with Crippen LogP contribution in [0.1, 0.15) is 15.9 Å². The molecular formula is C15H14BrN3O. The standard InChI is InChI=1S/C15H14BrN3O/c1-19(15(20)13-4-2-3-5-14(13)17)18-10-11-6-8-12(16)9-7-11/h2-10H,17H2,1H3/b18-10+. The number of para-hydroxylation sites is 1. The maximum absolute atomic E-state index is 12.2. The third kappa shape index (κ3) is 3.45. The van der Waals surface area contributed by atoms with Crippen LogP contribution in [0.3, 0.4) is 0 Å². The molecule has 0 saturated heterocycles. The topological polar surface area (TPSA) is 58.7 Å². The smallest absolute Gasteiger partial charge is 0.275 e. The van der Waals surface area contributed by atoms with E-state index in [0.717, 1.165) is 10.0 Å². The van der Waals surface area contributed by atoms with Crippen LogP contribution in [0.5, 0.6) is 0 Å². The van der Waals surface area contributed by atoms with Gasteiger partial charge in [0, 0.05) is 17.2 Å². The van der Waals surface area contributed by atoms with Crippen molar-refractivity contribution in [3.8, 4) is 0 Å². The van der Waals surface area contributed by atoms with E-state index >= 15 is 0 Å². The molecule has 4 nitrogen and oxygen atoms in total. The van der Waals surface area contributed by atoms with Crippen LogP contribution in [-0.4, -0.2) is 24.2 Å². The molecule has 0 aromatic heterocycles. The predicted octanol–water partition coefficient (Wildman–Crippen LogP) is 3.14. The van der Waals surface area contributed by atoms with Gasteiger partial charge in [0.1, 0.15) is 0 Å². The number of halogens is 1. The molecule has 0 spiro atoms. The van der Waals surface area contributed by atoms with Crippen LogP contribution in [0.15, 0.2) is 58.1 Å². The van der Waals surface area contributed by atoms with Gasteiger partial charge in [0.15, 0.2) is 0 Å². The fourth-order valence-electron chi connectivity index (χ4n) is 1.62. The first kappa shape index (κ1) is 14.3. The molecule has 0 aliphatic rings. The summed E-state index contributed by atoms with van der Waals surface area (Å²) < 4.78 is 0.996. The fourth-order valence-corrected chi connectivity index (χ4v) is 1.88. The van der Waals surface area contributed by atoms with Gasteiger partial charge in [-0.1, -0.05) is 40.2 Å². The summed E-state index contributed by atoms with van der Waals surface area (Å²) in [6.45, 7) is 0. The van der Waals surface area contributed by atoms with Gasteiger partial charge < -0.3 is 5.73 Å². The lowest BCUT2D eigenvalue weighted by Crippen LogP contribution is -2.22. The first-order chi connectivity index (χ1) is 9.58. The van der Waals surface area contributed by atoms with E-state index in [9.17, 15) is 4.79 Å². The van der Waals surface area contributed by atoms with Crippen LogP contribution < -0.4 is 5.73 Å². The molecule has 1 amide bonds. The van der Waals surface area contributed by atoms with Crippen molar-refractivity contribution < 1.29 is 4.79 Å². The van der Waals surface area contributed by atoms with Crippen molar-refractivity contribution in [1.82, 2.24) is 5.01 Å². The molecule has 2 N–H and O–H groups in total. The molecule has 2 aromatic carbocycles. The zero-order valence-corrected chi connectivity index (χ0v) is 12.5. The molecule has 0 heterocycles. The van der Waals surface area contributed by atoms with Crippen molar-refractivity contribution in [1.29, 1.82) is 0 Å². The van der Waals surface area contributed by atoms with Gasteiger partial charge in [0.25, 0.3) is 5.91 Å². The van der Waals surface area contributed by atoms with Gasteiger partial charge in [0.05, 0.1) is 11.8 Å². The van der Waals surface area contributed by atoms with Crippen LogP contribution in [0, 0.1) is 0 Å². The second-order valence-corrected chi connectivity index (χ2v) is 5.13. The third-order valence-electron chi connectivity index (χ3n) is 2.74. The number of carbonyl (C=O) groups is 1. The third-order valence-corrected chi connectivity index (χ3v) is 3.26. The van der Waals surface area contributed by atoms with E-state index in [2.05, 4.69) is 21.0 Å². The Labute approximate surface area is 126 Å². The summed E-state index contributed by atoms with van der Waals surface area (Å²) in [5, 5.41) is 5.40. The molecular weight excluding hydrogens is 318 g/mol. The van der Waals surface area contributed by atoms with Crippen molar-refractivity contribution in [2.75, 3.05) is 12.8 Å². The molecule has 0 bridgehead atoms. The molecule has 0 saturated carbocycles. The number of nitrogens with zero attached hydrogens (tertiary/aromatic N) is 2. The lowest BCUT2D eigenvalue weighted by Gasteiger charge is -2.12. The highest BCUT2D eigenvalue weighted by atomic mass is 79.9. The summed E-state index contributed by atoms with van der Waals surface area (Å²) in [5.41, 5.74) is 7.58. The van der Waals surface area contributed by atoms with Crippen molar-refractivity contribution in [2.24, 2.45) is 5.10 Å². The molecule has 0 radical (unpaired) electrons. The molecule has 2 rings (SSSR count). The van der Waals surface area contributed by atoms with E-state index in [0.29, 0.717) is 11.3 Å². The molecule has 0 aliphatic carbocycles. The summed E-state index contributed by atoms with van der Waals surface area (Å²) in [4.78, 5) is 12.2. The highest BCUT2D eigenvalue weighted by Crippen LogP contribution is 2.13. The van der Waals surface area contributed by atoms with Crippen molar-refractivity contribution in [3.05, 3.63) is 64.1 Å². The SMILES string of the molecule is CN(/N=C/c1ccc(Br)cc1)C(=O)c1ccccc1N. The van der Waals surface area contributed by atoms with E-state index in [4.69, 9.17) is 5.73 Å². The van der Waals surface area contributed by atoms with Crippen LogP contribution in [-0.2, 0) is 0 Å². The van der Waals surface area contributed by atoms with E-state index in [1.165, 1.54) is 5.01 Å². The Morgan fingerprint density at radius 2 is 1.85 bits per heavy atom. The molecule has 102 valence electrons. The maximum Gasteiger partial charge on any atom is 0.275 e. The van der Waals surface area contributed by atoms with Gasteiger partial charge in [-0.3, -0.25) is 4.79 Å². The number of nitrogens with two attached hydrogens (primary N) is 1. The summed E-state index contributed by atoms with van der Waals surface area (Å²) in [6.07, 6.45) is 1.63. The van der Waals surface area contributed by atoms with Crippen molar-refractivity contribution in [2.45, 2.75) is 0 Å². The first-order valence-electron chi connectivity index (χ1n) is 6.00. The summed E-state index contributed by atoms with van der Waals surface area (Å²) in [6, 6.07) is 14.6. The molecule has 0 atom stereocenters. The summed E-state index contributed by atoms with van der Waals surface area (Å²) in [5.74, 6) is -0.239. The lowest BCUT2D eigenvalue weighted by atomic mass is 10.1. The zero-order chi connectivity index (χ0) is 14.5. The van der Waals surface area contributed by atoms with E-state index < -0.39 is 0 Å². The molecule has 5 heteroatoms. The van der Waals surface area contributed by atoms with Crippen LogP contribution in [0.25, 0.3) is 0 Å². The van der Waals surface area contributed by atoms with Crippen molar-refractivity contribution >= 4 is 33.7 Å². The summed E-state index contributed by atoms with van der Waals surface area (Å²) in [7, 11) is 1.60. The van der Waals surface area contributed by atoms with Crippen LogP contribution >= 0.6 is 15.9 Å². The predicted molar refractivity (Wildman–Crippen MR) is 84.7 cm³/mol. The highest BCUT2D eigenvalue weighted by Gasteiger charge is 2.12. The van der Waals surface area contributed by atoms with Crippen molar-refractivity contribution in [3.63, 3.8) is 0 Å². The van der Waals surface area contributed by atoms with Crippen LogP contribution in [0.2, 0.25) is 0 Å². The minimum Gasteiger partial charge on any atom is -0.398 e. The van der Waals surface area contributed by atoms with Gasteiger partial charge in [-0.15, -0.1) is 0 Å². The minimum atomic E-state index is -0.239. The number of benzene rings is 2. The van der Waals surface area contributed by atoms with Gasteiger partial charge in [-0.2, -0.15) is 5.10 Å². The number of nitrogen functional groups attached to an aromatic ring is 1. The number of carbonyl (C=O) groups excluding carboxylic acids is 1. The normalized spacial score (nSPS) is 10.7. The highest BCUT2D eigenvalue weighted by molar-refractivity contribution is 9.10. The number of hydrogen-bond acceptors (Lipinski definition) is 3. The lowest BCUT2D eigenvalue weighted by molar-refractivity contribution is 0.0801. The van der Waals surface area contributed by atoms with E-state index in [-0.39, 0.29) is 5.91 Å². The number of amides is 1. The fraction of sp³-hybridized carbons (Fsp3) is 0.0667. The van der Waals surface area contributed by atoms with Gasteiger partial charge >= 0.3 is 0 Å². The minimum absolute atomic E-state index is 0.239. The van der Waals surface area contributed by atoms with Crippen LogP contribution in [0.4, 0.5) is 5.69 Å². The van der Waals surface area contributed by atoms with E-state index in [1.54, 1.807) is 37.5 Å². The molecule has 20 heavy (non-hydrogen) atoms. The Bertz CT molecular complexity index is 638. The zero-order valence-electron chi connectivity index (χ0n) is 11.0. The number of anilines is 1. The van der Waals surface area contributed by atoms with Gasteiger partial charge in [-0.25, -0.2) is 5.01 Å². The van der Waals surface area contributed by atoms with Gasteiger partial charge in [0.2, 0.25) is 0 Å². The molecule has 2 aromatic rings. The molecule has 0 fully saturated rings. The second-order valence-electron chi connectivity index (χ2n) is 4.21. The largest absolute Gasteiger partial charge is 0.398 e. The average Bonchev–Trinajstić information content (AvgIpc) is 2.46. The monoisotopic (exact) mass is 331 g/mol. The quantitative estimate of drug-likeness (QED) is 0.533.